The summed E-state index contributed by atoms with van der Waals surface area (Å²) in [4.78, 5) is 31.2. The van der Waals surface area contributed by atoms with Gasteiger partial charge >= 0.3 is 5.69 Å². The number of benzene rings is 1. The topological polar surface area (TPSA) is 114 Å². The summed E-state index contributed by atoms with van der Waals surface area (Å²) >= 11 is 5.95. The van der Waals surface area contributed by atoms with E-state index in [0.29, 0.717) is 16.3 Å². The molecule has 0 unspecified atom stereocenters. The number of rotatable bonds is 3. The van der Waals surface area contributed by atoms with Crippen LogP contribution >= 0.6 is 11.6 Å². The molecule has 0 amide bonds. The fraction of sp³-hybridized carbons (Fsp3) is 0.0769. The van der Waals surface area contributed by atoms with Crippen molar-refractivity contribution in [2.75, 3.05) is 7.11 Å². The summed E-state index contributed by atoms with van der Waals surface area (Å²) < 4.78 is 10.3. The van der Waals surface area contributed by atoms with E-state index in [9.17, 15) is 9.59 Å². The first kappa shape index (κ1) is 14.1. The minimum absolute atomic E-state index is 0.000212. The number of hydrogen-bond donors (Lipinski definition) is 2. The zero-order valence-corrected chi connectivity index (χ0v) is 12.0. The Balaban J connectivity index is 2.09. The third-order valence-corrected chi connectivity index (χ3v) is 3.05. The number of halogens is 1. The molecule has 0 spiro atoms. The van der Waals surface area contributed by atoms with Crippen molar-refractivity contribution < 1.29 is 9.26 Å². The summed E-state index contributed by atoms with van der Waals surface area (Å²) in [5, 5.41) is 4.29. The molecular formula is C13H9ClN4O4. The SMILES string of the molecule is COc1ccc(Cl)cc1-c1noc(-c2cc(=O)[nH]c(=O)[nH]2)n1. The molecule has 0 saturated heterocycles. The molecule has 3 aromatic rings. The van der Waals surface area contributed by atoms with Gasteiger partial charge < -0.3 is 14.2 Å². The third-order valence-electron chi connectivity index (χ3n) is 2.82. The van der Waals surface area contributed by atoms with Gasteiger partial charge in [0.15, 0.2) is 0 Å². The van der Waals surface area contributed by atoms with Gasteiger partial charge in [0, 0.05) is 11.1 Å². The molecule has 2 aromatic heterocycles. The highest BCUT2D eigenvalue weighted by Gasteiger charge is 2.16. The van der Waals surface area contributed by atoms with Crippen LogP contribution in [0.5, 0.6) is 5.75 Å². The van der Waals surface area contributed by atoms with Gasteiger partial charge in [-0.05, 0) is 18.2 Å². The lowest BCUT2D eigenvalue weighted by Gasteiger charge is -2.04. The normalized spacial score (nSPS) is 10.6. The first-order chi connectivity index (χ1) is 10.6. The molecule has 9 heteroatoms. The molecule has 0 radical (unpaired) electrons. The Morgan fingerprint density at radius 3 is 2.77 bits per heavy atom. The van der Waals surface area contributed by atoms with Crippen molar-refractivity contribution in [1.82, 2.24) is 20.1 Å². The van der Waals surface area contributed by atoms with Crippen molar-refractivity contribution in [2.24, 2.45) is 0 Å². The predicted molar refractivity (Wildman–Crippen MR) is 78.0 cm³/mol. The molecule has 112 valence electrons. The molecule has 0 aliphatic heterocycles. The van der Waals surface area contributed by atoms with Crippen LogP contribution in [0, 0.1) is 0 Å². The van der Waals surface area contributed by atoms with E-state index in [1.165, 1.54) is 7.11 Å². The number of nitrogens with zero attached hydrogens (tertiary/aromatic N) is 2. The smallest absolute Gasteiger partial charge is 0.326 e. The van der Waals surface area contributed by atoms with Gasteiger partial charge in [0.2, 0.25) is 5.82 Å². The summed E-state index contributed by atoms with van der Waals surface area (Å²) in [5.74, 6) is 0.729. The molecule has 0 saturated carbocycles. The van der Waals surface area contributed by atoms with Crippen LogP contribution in [0.1, 0.15) is 0 Å². The lowest BCUT2D eigenvalue weighted by Crippen LogP contribution is -2.21. The first-order valence-corrected chi connectivity index (χ1v) is 6.46. The summed E-state index contributed by atoms with van der Waals surface area (Å²) in [7, 11) is 1.50. The summed E-state index contributed by atoms with van der Waals surface area (Å²) in [6.45, 7) is 0. The Labute approximate surface area is 127 Å². The van der Waals surface area contributed by atoms with Crippen molar-refractivity contribution in [3.63, 3.8) is 0 Å². The fourth-order valence-electron chi connectivity index (χ4n) is 1.88. The van der Waals surface area contributed by atoms with Crippen LogP contribution in [0.2, 0.25) is 5.02 Å². The van der Waals surface area contributed by atoms with E-state index < -0.39 is 11.2 Å². The first-order valence-electron chi connectivity index (χ1n) is 6.08. The van der Waals surface area contributed by atoms with Gasteiger partial charge in [-0.2, -0.15) is 4.98 Å². The second-order valence-corrected chi connectivity index (χ2v) is 4.71. The van der Waals surface area contributed by atoms with E-state index >= 15 is 0 Å². The third kappa shape index (κ3) is 2.63. The number of hydrogen-bond acceptors (Lipinski definition) is 6. The van der Waals surface area contributed by atoms with E-state index in [1.54, 1.807) is 18.2 Å². The number of aromatic nitrogens is 4. The van der Waals surface area contributed by atoms with Gasteiger partial charge in [0.25, 0.3) is 11.4 Å². The zero-order valence-electron chi connectivity index (χ0n) is 11.2. The van der Waals surface area contributed by atoms with Crippen LogP contribution in [-0.4, -0.2) is 27.2 Å². The highest BCUT2D eigenvalue weighted by Crippen LogP contribution is 2.31. The number of methoxy groups -OCH3 is 1. The number of nitrogens with one attached hydrogen (secondary N) is 2. The molecule has 2 N–H and O–H groups in total. The lowest BCUT2D eigenvalue weighted by molar-refractivity contribution is 0.413. The number of H-pyrrole nitrogens is 2. The average Bonchev–Trinajstić information content (AvgIpc) is 2.96. The molecule has 0 aliphatic rings. The van der Waals surface area contributed by atoms with Crippen molar-refractivity contribution >= 4 is 11.6 Å². The van der Waals surface area contributed by atoms with Crippen molar-refractivity contribution in [3.8, 4) is 28.7 Å². The van der Waals surface area contributed by atoms with E-state index in [2.05, 4.69) is 20.1 Å². The summed E-state index contributed by atoms with van der Waals surface area (Å²) in [5.41, 5.74) is -0.591. The Morgan fingerprint density at radius 1 is 1.23 bits per heavy atom. The van der Waals surface area contributed by atoms with Gasteiger partial charge in [-0.3, -0.25) is 9.78 Å². The van der Waals surface area contributed by atoms with E-state index in [4.69, 9.17) is 20.9 Å². The largest absolute Gasteiger partial charge is 0.496 e. The van der Waals surface area contributed by atoms with Gasteiger partial charge in [-0.25, -0.2) is 4.79 Å². The van der Waals surface area contributed by atoms with Crippen LogP contribution in [0.25, 0.3) is 23.0 Å². The monoisotopic (exact) mass is 320 g/mol. The molecule has 8 nitrogen and oxygen atoms in total. The molecule has 22 heavy (non-hydrogen) atoms. The minimum atomic E-state index is -0.664. The Morgan fingerprint density at radius 2 is 2.05 bits per heavy atom. The van der Waals surface area contributed by atoms with Crippen LogP contribution in [0.4, 0.5) is 0 Å². The van der Waals surface area contributed by atoms with Crippen molar-refractivity contribution in [1.29, 1.82) is 0 Å². The van der Waals surface area contributed by atoms with Crippen LogP contribution in [0.15, 0.2) is 38.4 Å². The Kier molecular flexibility index (Phi) is 3.51. The molecule has 0 fully saturated rings. The van der Waals surface area contributed by atoms with Crippen LogP contribution < -0.4 is 16.0 Å². The second kappa shape index (κ2) is 5.49. The van der Waals surface area contributed by atoms with Crippen molar-refractivity contribution in [3.05, 3.63) is 50.1 Å². The summed E-state index contributed by atoms with van der Waals surface area (Å²) in [6, 6.07) is 6.10. The predicted octanol–water partition coefficient (Wildman–Crippen LogP) is 1.44. The maximum absolute atomic E-state index is 11.3. The number of ether oxygens (including phenoxy) is 1. The van der Waals surface area contributed by atoms with Gasteiger partial charge in [0.05, 0.1) is 12.7 Å². The standard InChI is InChI=1S/C13H9ClN4O4/c1-21-9-3-2-6(14)4-7(9)11-17-12(22-18-11)8-5-10(19)16-13(20)15-8/h2-5H,1H3,(H2,15,16,19,20). The maximum atomic E-state index is 11.3. The fourth-order valence-corrected chi connectivity index (χ4v) is 2.05. The summed E-state index contributed by atoms with van der Waals surface area (Å²) in [6.07, 6.45) is 0. The van der Waals surface area contributed by atoms with E-state index in [0.717, 1.165) is 6.07 Å². The average molecular weight is 321 g/mol. The molecular weight excluding hydrogens is 312 g/mol. The molecule has 0 atom stereocenters. The highest BCUT2D eigenvalue weighted by atomic mass is 35.5. The molecule has 0 bridgehead atoms. The lowest BCUT2D eigenvalue weighted by atomic mass is 10.2. The Hall–Kier alpha value is -2.87. The maximum Gasteiger partial charge on any atom is 0.326 e. The van der Waals surface area contributed by atoms with Crippen LogP contribution in [0.3, 0.4) is 0 Å². The van der Waals surface area contributed by atoms with Gasteiger partial charge in [-0.15, -0.1) is 0 Å². The molecule has 1 aromatic carbocycles. The van der Waals surface area contributed by atoms with Crippen molar-refractivity contribution in [2.45, 2.75) is 0 Å². The Bertz CT molecular complexity index is 915. The van der Waals surface area contributed by atoms with E-state index in [-0.39, 0.29) is 17.4 Å². The number of aromatic amines is 2. The quantitative estimate of drug-likeness (QED) is 0.754. The highest BCUT2D eigenvalue weighted by molar-refractivity contribution is 6.30. The molecule has 3 rings (SSSR count). The van der Waals surface area contributed by atoms with E-state index in [1.807, 2.05) is 0 Å². The van der Waals surface area contributed by atoms with Gasteiger partial charge in [-0.1, -0.05) is 16.8 Å². The molecule has 0 aliphatic carbocycles. The molecule has 2 heterocycles. The zero-order chi connectivity index (χ0) is 15.7. The van der Waals surface area contributed by atoms with Crippen LogP contribution in [-0.2, 0) is 0 Å². The van der Waals surface area contributed by atoms with Gasteiger partial charge in [0.1, 0.15) is 11.4 Å². The second-order valence-electron chi connectivity index (χ2n) is 4.27. The minimum Gasteiger partial charge on any atom is -0.496 e.